The zero-order chi connectivity index (χ0) is 25.7. The molecule has 0 radical (unpaired) electrons. The summed E-state index contributed by atoms with van der Waals surface area (Å²) in [4.78, 5) is 21.1. The molecule has 192 valence electrons. The quantitative estimate of drug-likeness (QED) is 0.360. The SMILES string of the molecule is CCCc1nc2c(-c3ccc(F)cc3F)nc(N3C[C@@H](C)O[C@H](c4cnn(C5CC5)c4)C3)nc2nc1C. The van der Waals surface area contributed by atoms with Gasteiger partial charge >= 0.3 is 0 Å². The Balaban J connectivity index is 1.44. The van der Waals surface area contributed by atoms with Gasteiger partial charge in [-0.05, 0) is 45.2 Å². The standard InChI is InChI=1S/C27H29F2N7O/c1-4-5-22-16(3)31-26-25(32-22)24(20-9-6-18(28)10-21(20)29)33-27(34-26)35-12-15(2)37-23(14-35)17-11-30-36(13-17)19-7-8-19/h6,9-11,13,15,19,23H,4-5,7-8,12,14H2,1-3H3/t15-,23+/m1/s1. The molecule has 4 heterocycles. The summed E-state index contributed by atoms with van der Waals surface area (Å²) in [7, 11) is 0. The van der Waals surface area contributed by atoms with E-state index in [9.17, 15) is 8.78 Å². The summed E-state index contributed by atoms with van der Waals surface area (Å²) in [6.45, 7) is 7.05. The highest BCUT2D eigenvalue weighted by Crippen LogP contribution is 2.36. The normalized spacial score (nSPS) is 20.1. The zero-order valence-electron chi connectivity index (χ0n) is 21.2. The van der Waals surface area contributed by atoms with E-state index >= 15 is 0 Å². The predicted octanol–water partition coefficient (Wildman–Crippen LogP) is 5.12. The maximum absolute atomic E-state index is 15.0. The first-order chi connectivity index (χ1) is 17.9. The van der Waals surface area contributed by atoms with Gasteiger partial charge in [0.15, 0.2) is 5.65 Å². The van der Waals surface area contributed by atoms with Crippen molar-refractivity contribution in [3.05, 3.63) is 59.2 Å². The number of anilines is 1. The van der Waals surface area contributed by atoms with Gasteiger partial charge in [-0.2, -0.15) is 10.1 Å². The van der Waals surface area contributed by atoms with Crippen molar-refractivity contribution >= 4 is 17.1 Å². The lowest BCUT2D eigenvalue weighted by Crippen LogP contribution is -2.43. The average Bonchev–Trinajstić information content (AvgIpc) is 3.60. The van der Waals surface area contributed by atoms with E-state index in [1.165, 1.54) is 12.1 Å². The Labute approximate surface area is 213 Å². The van der Waals surface area contributed by atoms with Crippen molar-refractivity contribution in [3.63, 3.8) is 0 Å². The Kier molecular flexibility index (Phi) is 6.06. The van der Waals surface area contributed by atoms with Crippen LogP contribution in [0.2, 0.25) is 0 Å². The summed E-state index contributed by atoms with van der Waals surface area (Å²) in [5, 5.41) is 4.52. The Hall–Kier alpha value is -3.53. The lowest BCUT2D eigenvalue weighted by atomic mass is 10.1. The number of hydrogen-bond acceptors (Lipinski definition) is 7. The second kappa shape index (κ2) is 9.41. The maximum Gasteiger partial charge on any atom is 0.228 e. The molecule has 8 nitrogen and oxygen atoms in total. The molecular weight excluding hydrogens is 476 g/mol. The van der Waals surface area contributed by atoms with E-state index in [1.54, 1.807) is 0 Å². The summed E-state index contributed by atoms with van der Waals surface area (Å²) >= 11 is 0. The number of ether oxygens (including phenoxy) is 1. The Morgan fingerprint density at radius 1 is 1.08 bits per heavy atom. The van der Waals surface area contributed by atoms with Crippen molar-refractivity contribution in [1.29, 1.82) is 0 Å². The third-order valence-electron chi connectivity index (χ3n) is 6.92. The van der Waals surface area contributed by atoms with Gasteiger partial charge in [-0.25, -0.2) is 23.7 Å². The second-order valence-electron chi connectivity index (χ2n) is 10.00. The van der Waals surface area contributed by atoms with Crippen molar-refractivity contribution in [2.45, 2.75) is 64.7 Å². The van der Waals surface area contributed by atoms with Gasteiger partial charge in [0.1, 0.15) is 28.9 Å². The summed E-state index contributed by atoms with van der Waals surface area (Å²) in [5.74, 6) is -0.936. The molecule has 4 aromatic rings. The van der Waals surface area contributed by atoms with Crippen LogP contribution in [0.15, 0.2) is 30.6 Å². The van der Waals surface area contributed by atoms with Crippen LogP contribution in [0.25, 0.3) is 22.4 Å². The van der Waals surface area contributed by atoms with Crippen LogP contribution in [-0.4, -0.2) is 48.9 Å². The van der Waals surface area contributed by atoms with Gasteiger partial charge in [0.2, 0.25) is 5.95 Å². The number of aryl methyl sites for hydroxylation is 2. The summed E-state index contributed by atoms with van der Waals surface area (Å²) in [6, 6.07) is 3.98. The number of benzene rings is 1. The molecule has 10 heteroatoms. The van der Waals surface area contributed by atoms with Crippen LogP contribution >= 0.6 is 0 Å². The van der Waals surface area contributed by atoms with Crippen LogP contribution < -0.4 is 4.90 Å². The minimum atomic E-state index is -0.703. The van der Waals surface area contributed by atoms with Gasteiger partial charge in [-0.3, -0.25) is 4.68 Å². The van der Waals surface area contributed by atoms with E-state index in [-0.39, 0.29) is 17.8 Å². The summed E-state index contributed by atoms with van der Waals surface area (Å²) < 4.78 is 37.0. The van der Waals surface area contributed by atoms with Gasteiger partial charge in [0.25, 0.3) is 0 Å². The zero-order valence-corrected chi connectivity index (χ0v) is 21.2. The lowest BCUT2D eigenvalue weighted by molar-refractivity contribution is -0.0178. The number of hydrogen-bond donors (Lipinski definition) is 0. The van der Waals surface area contributed by atoms with E-state index in [0.717, 1.165) is 48.7 Å². The van der Waals surface area contributed by atoms with Crippen LogP contribution in [0.4, 0.5) is 14.7 Å². The molecule has 1 aliphatic carbocycles. The number of fused-ring (bicyclic) bond motifs is 1. The molecule has 0 bridgehead atoms. The van der Waals surface area contributed by atoms with Crippen molar-refractivity contribution in [2.75, 3.05) is 18.0 Å². The number of aromatic nitrogens is 6. The molecule has 0 unspecified atom stereocenters. The fourth-order valence-electron chi connectivity index (χ4n) is 4.89. The predicted molar refractivity (Wildman–Crippen MR) is 135 cm³/mol. The number of nitrogens with zero attached hydrogens (tertiary/aromatic N) is 7. The first kappa shape index (κ1) is 23.8. The molecule has 2 aliphatic rings. The monoisotopic (exact) mass is 505 g/mol. The highest BCUT2D eigenvalue weighted by Gasteiger charge is 2.32. The Bertz CT molecular complexity index is 1470. The van der Waals surface area contributed by atoms with Crippen LogP contribution in [0.3, 0.4) is 0 Å². The van der Waals surface area contributed by atoms with Crippen LogP contribution in [0, 0.1) is 18.6 Å². The van der Waals surface area contributed by atoms with E-state index < -0.39 is 11.6 Å². The third kappa shape index (κ3) is 4.66. The third-order valence-corrected chi connectivity index (χ3v) is 6.92. The topological polar surface area (TPSA) is 81.9 Å². The van der Waals surface area contributed by atoms with E-state index in [0.29, 0.717) is 41.9 Å². The molecule has 0 spiro atoms. The van der Waals surface area contributed by atoms with Crippen molar-refractivity contribution in [2.24, 2.45) is 0 Å². The smallest absolute Gasteiger partial charge is 0.228 e. The summed E-state index contributed by atoms with van der Waals surface area (Å²) in [6.07, 6.45) is 7.57. The highest BCUT2D eigenvalue weighted by molar-refractivity contribution is 5.88. The van der Waals surface area contributed by atoms with Gasteiger partial charge < -0.3 is 9.64 Å². The molecule has 37 heavy (non-hydrogen) atoms. The van der Waals surface area contributed by atoms with E-state index in [1.807, 2.05) is 29.6 Å². The van der Waals surface area contributed by atoms with E-state index in [2.05, 4.69) is 18.2 Å². The first-order valence-electron chi connectivity index (χ1n) is 12.8. The Morgan fingerprint density at radius 2 is 1.92 bits per heavy atom. The van der Waals surface area contributed by atoms with Crippen LogP contribution in [0.1, 0.15) is 62.2 Å². The Morgan fingerprint density at radius 3 is 2.68 bits per heavy atom. The molecule has 0 N–H and O–H groups in total. The molecule has 6 rings (SSSR count). The number of halogens is 2. The first-order valence-corrected chi connectivity index (χ1v) is 12.8. The lowest BCUT2D eigenvalue weighted by Gasteiger charge is -2.36. The van der Waals surface area contributed by atoms with Crippen LogP contribution in [0.5, 0.6) is 0 Å². The fraction of sp³-hybridized carbons (Fsp3) is 0.444. The molecular formula is C27H29F2N7O. The van der Waals surface area contributed by atoms with Gasteiger partial charge in [-0.15, -0.1) is 0 Å². The largest absolute Gasteiger partial charge is 0.367 e. The molecule has 0 amide bonds. The van der Waals surface area contributed by atoms with Crippen molar-refractivity contribution in [3.8, 4) is 11.3 Å². The molecule has 3 aromatic heterocycles. The van der Waals surface area contributed by atoms with Crippen molar-refractivity contribution < 1.29 is 13.5 Å². The minimum Gasteiger partial charge on any atom is -0.367 e. The number of rotatable bonds is 6. The second-order valence-corrected chi connectivity index (χ2v) is 10.00. The van der Waals surface area contributed by atoms with Gasteiger partial charge in [0, 0.05) is 29.9 Å². The average molecular weight is 506 g/mol. The number of morpholine rings is 1. The molecule has 1 saturated carbocycles. The molecule has 1 aliphatic heterocycles. The maximum atomic E-state index is 15.0. The molecule has 2 atom stereocenters. The minimum absolute atomic E-state index is 0.0897. The van der Waals surface area contributed by atoms with E-state index in [4.69, 9.17) is 24.7 Å². The molecule has 2 fully saturated rings. The highest BCUT2D eigenvalue weighted by atomic mass is 19.1. The molecule has 1 aromatic carbocycles. The van der Waals surface area contributed by atoms with Gasteiger partial charge in [-0.1, -0.05) is 13.3 Å². The van der Waals surface area contributed by atoms with Crippen LogP contribution in [-0.2, 0) is 11.2 Å². The fourth-order valence-corrected chi connectivity index (χ4v) is 4.89. The van der Waals surface area contributed by atoms with Gasteiger partial charge in [0.05, 0.1) is 36.3 Å². The van der Waals surface area contributed by atoms with Crippen molar-refractivity contribution in [1.82, 2.24) is 29.7 Å². The summed E-state index contributed by atoms with van der Waals surface area (Å²) in [5.41, 5.74) is 3.88. The molecule has 1 saturated heterocycles.